The molecular formula is C24H22N2O2S. The summed E-state index contributed by atoms with van der Waals surface area (Å²) in [6.07, 6.45) is 3.08. The van der Waals surface area contributed by atoms with Gasteiger partial charge in [0.2, 0.25) is 0 Å². The molecule has 0 spiro atoms. The van der Waals surface area contributed by atoms with Crippen LogP contribution in [-0.4, -0.2) is 10.5 Å². The number of amides is 1. The van der Waals surface area contributed by atoms with E-state index in [0.29, 0.717) is 16.8 Å². The molecule has 0 fully saturated rings. The summed E-state index contributed by atoms with van der Waals surface area (Å²) in [5.41, 5.74) is 3.42. The van der Waals surface area contributed by atoms with Gasteiger partial charge in [0.1, 0.15) is 0 Å². The molecule has 1 amide bonds. The fraction of sp³-hybridized carbons (Fsp3) is 0.250. The Labute approximate surface area is 172 Å². The lowest BCUT2D eigenvalue weighted by atomic mass is 9.88. The van der Waals surface area contributed by atoms with Gasteiger partial charge in [-0.2, -0.15) is 0 Å². The summed E-state index contributed by atoms with van der Waals surface area (Å²) in [4.78, 5) is 26.7. The largest absolute Gasteiger partial charge is 0.345 e. The van der Waals surface area contributed by atoms with Crippen LogP contribution in [0.3, 0.4) is 0 Å². The zero-order valence-corrected chi connectivity index (χ0v) is 17.1. The molecule has 1 aliphatic rings. The van der Waals surface area contributed by atoms with Gasteiger partial charge in [0, 0.05) is 16.6 Å². The number of fused-ring (bicyclic) bond motifs is 4. The van der Waals surface area contributed by atoms with E-state index in [4.69, 9.17) is 0 Å². The smallest absolute Gasteiger partial charge is 0.261 e. The van der Waals surface area contributed by atoms with Gasteiger partial charge in [0.25, 0.3) is 11.5 Å². The first-order chi connectivity index (χ1) is 14.2. The Morgan fingerprint density at radius 2 is 1.93 bits per heavy atom. The Bertz CT molecular complexity index is 1300. The van der Waals surface area contributed by atoms with Crippen LogP contribution >= 0.6 is 11.3 Å². The first-order valence-corrected chi connectivity index (χ1v) is 10.9. The summed E-state index contributed by atoms with van der Waals surface area (Å²) >= 11 is 1.41. The van der Waals surface area contributed by atoms with Gasteiger partial charge in [0.05, 0.1) is 21.8 Å². The number of aryl methyl sites for hydroxylation is 2. The number of rotatable bonds is 3. The van der Waals surface area contributed by atoms with Crippen molar-refractivity contribution in [3.05, 3.63) is 81.0 Å². The quantitative estimate of drug-likeness (QED) is 0.522. The number of para-hydroxylation sites is 1. The number of hydrogen-bond acceptors (Lipinski definition) is 3. The van der Waals surface area contributed by atoms with Crippen molar-refractivity contribution < 1.29 is 4.79 Å². The topological polar surface area (TPSA) is 51.1 Å². The van der Waals surface area contributed by atoms with E-state index in [1.807, 2.05) is 37.3 Å². The molecule has 1 N–H and O–H groups in total. The predicted octanol–water partition coefficient (Wildman–Crippen LogP) is 5.04. The number of nitrogens with zero attached hydrogens (tertiary/aromatic N) is 1. The standard InChI is InChI=1S/C24H22N2O2S/c1-2-26-20-13-6-5-11-17(20)22-18(24(26)28)14-21(29-22)23(27)25-19-12-7-9-15-8-3-4-10-16(15)19/h3-6,8,10-11,13-14,19H,2,7,9,12H2,1H3,(H,25,27)/t19-/m0/s1. The van der Waals surface area contributed by atoms with E-state index in [2.05, 4.69) is 23.5 Å². The third-order valence-corrected chi connectivity index (χ3v) is 7.03. The number of carbonyl (C=O) groups is 1. The van der Waals surface area contributed by atoms with Crippen molar-refractivity contribution in [3.8, 4) is 0 Å². The average molecular weight is 403 g/mol. The predicted molar refractivity (Wildman–Crippen MR) is 119 cm³/mol. The molecule has 4 aromatic rings. The Morgan fingerprint density at radius 3 is 2.79 bits per heavy atom. The number of nitrogens with one attached hydrogen (secondary N) is 1. The molecule has 2 aromatic carbocycles. The number of carbonyl (C=O) groups excluding carboxylic acids is 1. The first kappa shape index (κ1) is 18.1. The van der Waals surface area contributed by atoms with E-state index in [1.54, 1.807) is 10.6 Å². The fourth-order valence-corrected chi connectivity index (χ4v) is 5.55. The van der Waals surface area contributed by atoms with Crippen molar-refractivity contribution in [1.82, 2.24) is 9.88 Å². The van der Waals surface area contributed by atoms with Crippen molar-refractivity contribution >= 4 is 38.2 Å². The Morgan fingerprint density at radius 1 is 1.14 bits per heavy atom. The second-order valence-corrected chi connectivity index (χ2v) is 8.59. The van der Waals surface area contributed by atoms with E-state index >= 15 is 0 Å². The van der Waals surface area contributed by atoms with Crippen LogP contribution in [0.2, 0.25) is 0 Å². The van der Waals surface area contributed by atoms with Crippen LogP contribution in [0.4, 0.5) is 0 Å². The highest BCUT2D eigenvalue weighted by molar-refractivity contribution is 7.21. The van der Waals surface area contributed by atoms with Gasteiger partial charge in [-0.1, -0.05) is 42.5 Å². The summed E-state index contributed by atoms with van der Waals surface area (Å²) in [5.74, 6) is -0.0977. The minimum atomic E-state index is -0.0977. The van der Waals surface area contributed by atoms with E-state index in [-0.39, 0.29) is 17.5 Å². The van der Waals surface area contributed by atoms with Gasteiger partial charge in [-0.3, -0.25) is 9.59 Å². The summed E-state index contributed by atoms with van der Waals surface area (Å²) in [6, 6.07) is 18.1. The lowest BCUT2D eigenvalue weighted by Crippen LogP contribution is -2.30. The second-order valence-electron chi connectivity index (χ2n) is 7.54. The molecule has 0 aliphatic heterocycles. The average Bonchev–Trinajstić information content (AvgIpc) is 3.21. The van der Waals surface area contributed by atoms with Gasteiger partial charge < -0.3 is 9.88 Å². The summed E-state index contributed by atoms with van der Waals surface area (Å²) in [5, 5.41) is 4.86. The highest BCUT2D eigenvalue weighted by atomic mass is 32.1. The van der Waals surface area contributed by atoms with Crippen molar-refractivity contribution in [2.24, 2.45) is 0 Å². The molecule has 1 atom stereocenters. The first-order valence-electron chi connectivity index (χ1n) is 10.1. The van der Waals surface area contributed by atoms with Crippen LogP contribution in [0.5, 0.6) is 0 Å². The second kappa shape index (κ2) is 7.16. The van der Waals surface area contributed by atoms with Gasteiger partial charge in [-0.15, -0.1) is 11.3 Å². The summed E-state index contributed by atoms with van der Waals surface area (Å²) < 4.78 is 2.67. The molecule has 29 heavy (non-hydrogen) atoms. The number of benzene rings is 2. The summed E-state index contributed by atoms with van der Waals surface area (Å²) in [7, 11) is 0. The number of hydrogen-bond donors (Lipinski definition) is 1. The molecule has 5 rings (SSSR count). The zero-order chi connectivity index (χ0) is 20.0. The van der Waals surface area contributed by atoms with Gasteiger partial charge in [0.15, 0.2) is 0 Å². The van der Waals surface area contributed by atoms with Crippen molar-refractivity contribution in [1.29, 1.82) is 0 Å². The van der Waals surface area contributed by atoms with Crippen LogP contribution in [0.15, 0.2) is 59.4 Å². The minimum Gasteiger partial charge on any atom is -0.345 e. The minimum absolute atomic E-state index is 0.0282. The molecular weight excluding hydrogens is 380 g/mol. The molecule has 0 saturated heterocycles. The van der Waals surface area contributed by atoms with E-state index in [1.165, 1.54) is 22.5 Å². The molecule has 0 radical (unpaired) electrons. The van der Waals surface area contributed by atoms with Crippen molar-refractivity contribution in [3.63, 3.8) is 0 Å². The summed E-state index contributed by atoms with van der Waals surface area (Å²) in [6.45, 7) is 2.58. The molecule has 1 aliphatic carbocycles. The SMILES string of the molecule is CCn1c(=O)c2cc(C(=O)N[C@H]3CCCc4ccccc43)sc2c2ccccc21. The van der Waals surface area contributed by atoms with Crippen molar-refractivity contribution in [2.75, 3.05) is 0 Å². The Balaban J connectivity index is 1.56. The lowest BCUT2D eigenvalue weighted by molar-refractivity contribution is 0.0937. The number of thiophene rings is 1. The molecule has 2 heterocycles. The van der Waals surface area contributed by atoms with E-state index < -0.39 is 0 Å². The maximum atomic E-state index is 13.1. The molecule has 4 nitrogen and oxygen atoms in total. The zero-order valence-electron chi connectivity index (χ0n) is 16.3. The normalized spacial score (nSPS) is 16.1. The molecule has 0 saturated carbocycles. The maximum Gasteiger partial charge on any atom is 0.261 e. The highest BCUT2D eigenvalue weighted by Gasteiger charge is 2.23. The van der Waals surface area contributed by atoms with Crippen LogP contribution in [0.1, 0.15) is 46.6 Å². The molecule has 0 bridgehead atoms. The van der Waals surface area contributed by atoms with Crippen LogP contribution in [0.25, 0.3) is 21.0 Å². The fourth-order valence-electron chi connectivity index (χ4n) is 4.46. The van der Waals surface area contributed by atoms with Crippen LogP contribution < -0.4 is 10.9 Å². The Kier molecular flexibility index (Phi) is 4.47. The monoisotopic (exact) mass is 402 g/mol. The van der Waals surface area contributed by atoms with Crippen LogP contribution in [0, 0.1) is 0 Å². The molecule has 0 unspecified atom stereocenters. The van der Waals surface area contributed by atoms with Gasteiger partial charge >= 0.3 is 0 Å². The molecule has 146 valence electrons. The Hall–Kier alpha value is -2.92. The highest BCUT2D eigenvalue weighted by Crippen LogP contribution is 2.33. The lowest BCUT2D eigenvalue weighted by Gasteiger charge is -2.26. The maximum absolute atomic E-state index is 13.1. The molecule has 2 aromatic heterocycles. The van der Waals surface area contributed by atoms with Gasteiger partial charge in [-0.25, -0.2) is 0 Å². The van der Waals surface area contributed by atoms with Crippen LogP contribution in [-0.2, 0) is 13.0 Å². The molecule has 5 heteroatoms. The van der Waals surface area contributed by atoms with Gasteiger partial charge in [-0.05, 0) is 49.4 Å². The van der Waals surface area contributed by atoms with E-state index in [0.717, 1.165) is 34.9 Å². The van der Waals surface area contributed by atoms with E-state index in [9.17, 15) is 9.59 Å². The third kappa shape index (κ3) is 2.97. The number of aromatic nitrogens is 1. The number of pyridine rings is 1. The van der Waals surface area contributed by atoms with Crippen molar-refractivity contribution in [2.45, 2.75) is 38.8 Å². The third-order valence-electron chi connectivity index (χ3n) is 5.86.